The van der Waals surface area contributed by atoms with Gasteiger partial charge in [-0.1, -0.05) is 204 Å². The molecule has 0 aliphatic rings. The van der Waals surface area contributed by atoms with Gasteiger partial charge < -0.3 is 20.3 Å². The van der Waals surface area contributed by atoms with Crippen molar-refractivity contribution in [3.63, 3.8) is 0 Å². The molecule has 344 valence electrons. The van der Waals surface area contributed by atoms with Gasteiger partial charge in [-0.05, 0) is 83.5 Å². The SMILES string of the molecule is CCC/C=C\C/C=C\CCCCCCCC(=O)OCCCC/C=C\CCCCCCCC(=O)NC(CO)C(O)/C=C/CCCCCCCCCCCCCCCCCC. The highest BCUT2D eigenvalue weighted by atomic mass is 16.5. The number of unbranched alkanes of at least 4 members (excludes halogenated alkanes) is 29. The second kappa shape index (κ2) is 48.5. The number of amides is 1. The van der Waals surface area contributed by atoms with Crippen LogP contribution >= 0.6 is 0 Å². The standard InChI is InChI=1S/C53H97NO5/c1-3-5-7-9-11-13-15-17-18-19-20-21-23-25-29-33-37-41-45-51(56)50(49-55)54-52(57)46-42-38-34-30-26-24-28-32-36-40-44-48-59-53(58)47-43-39-35-31-27-22-16-14-12-10-8-6-4-2/h8,10,14,16,28,32,41,45,50-51,55-56H,3-7,9,11-13,15,17-27,29-31,33-40,42-44,46-49H2,1-2H3,(H,54,57)/b10-8-,16-14-,32-28-,45-41+. The molecule has 6 heteroatoms. The number of nitrogens with one attached hydrogen (secondary N) is 1. The van der Waals surface area contributed by atoms with Crippen molar-refractivity contribution in [3.8, 4) is 0 Å². The van der Waals surface area contributed by atoms with Crippen LogP contribution in [0.5, 0.6) is 0 Å². The summed E-state index contributed by atoms with van der Waals surface area (Å²) in [7, 11) is 0. The summed E-state index contributed by atoms with van der Waals surface area (Å²) in [4.78, 5) is 24.4. The molecule has 59 heavy (non-hydrogen) atoms. The first-order valence-electron chi connectivity index (χ1n) is 25.4. The first kappa shape index (κ1) is 56.8. The highest BCUT2D eigenvalue weighted by molar-refractivity contribution is 5.76. The minimum Gasteiger partial charge on any atom is -0.466 e. The van der Waals surface area contributed by atoms with Crippen molar-refractivity contribution >= 4 is 11.9 Å². The Hall–Kier alpha value is -2.18. The molecule has 0 aromatic rings. The van der Waals surface area contributed by atoms with Crippen LogP contribution in [0.4, 0.5) is 0 Å². The normalized spacial score (nSPS) is 13.1. The number of hydrogen-bond donors (Lipinski definition) is 3. The molecule has 1 amide bonds. The van der Waals surface area contributed by atoms with Gasteiger partial charge in [0.25, 0.3) is 0 Å². The molecule has 0 radical (unpaired) electrons. The Labute approximate surface area is 366 Å². The third-order valence-electron chi connectivity index (χ3n) is 11.3. The maximum absolute atomic E-state index is 12.4. The average Bonchev–Trinajstić information content (AvgIpc) is 3.24. The Morgan fingerprint density at radius 2 is 0.881 bits per heavy atom. The zero-order chi connectivity index (χ0) is 43.0. The smallest absolute Gasteiger partial charge is 0.305 e. The van der Waals surface area contributed by atoms with E-state index in [9.17, 15) is 19.8 Å². The van der Waals surface area contributed by atoms with Gasteiger partial charge in [0, 0.05) is 12.8 Å². The van der Waals surface area contributed by atoms with E-state index >= 15 is 0 Å². The molecule has 0 aliphatic heterocycles. The van der Waals surface area contributed by atoms with Crippen molar-refractivity contribution < 1.29 is 24.5 Å². The van der Waals surface area contributed by atoms with E-state index in [1.807, 2.05) is 6.08 Å². The minimum absolute atomic E-state index is 0.0491. The Morgan fingerprint density at radius 1 is 0.475 bits per heavy atom. The Balaban J connectivity index is 3.58. The van der Waals surface area contributed by atoms with Gasteiger partial charge >= 0.3 is 5.97 Å². The monoisotopic (exact) mass is 828 g/mol. The van der Waals surface area contributed by atoms with Crippen LogP contribution in [0.15, 0.2) is 48.6 Å². The maximum atomic E-state index is 12.4. The number of esters is 1. The molecule has 0 bridgehead atoms. The topological polar surface area (TPSA) is 95.9 Å². The zero-order valence-corrected chi connectivity index (χ0v) is 39.0. The van der Waals surface area contributed by atoms with Crippen LogP contribution in [0, 0.1) is 0 Å². The van der Waals surface area contributed by atoms with E-state index in [-0.39, 0.29) is 18.5 Å². The highest BCUT2D eigenvalue weighted by Crippen LogP contribution is 2.15. The summed E-state index contributed by atoms with van der Waals surface area (Å²) in [5, 5.41) is 23.1. The molecule has 0 aliphatic carbocycles. The lowest BCUT2D eigenvalue weighted by molar-refractivity contribution is -0.143. The molecule has 6 nitrogen and oxygen atoms in total. The number of ether oxygens (including phenoxy) is 1. The fourth-order valence-electron chi connectivity index (χ4n) is 7.37. The largest absolute Gasteiger partial charge is 0.466 e. The van der Waals surface area contributed by atoms with Gasteiger partial charge in [0.15, 0.2) is 0 Å². The summed E-state index contributed by atoms with van der Waals surface area (Å²) in [5.41, 5.74) is 0. The van der Waals surface area contributed by atoms with E-state index in [0.717, 1.165) is 96.3 Å². The molecular weight excluding hydrogens is 731 g/mol. The summed E-state index contributed by atoms with van der Waals surface area (Å²) in [6.45, 7) is 4.75. The molecule has 0 rings (SSSR count). The zero-order valence-electron chi connectivity index (χ0n) is 39.0. The number of aliphatic hydroxyl groups excluding tert-OH is 2. The van der Waals surface area contributed by atoms with Crippen molar-refractivity contribution in [2.75, 3.05) is 13.2 Å². The number of allylic oxidation sites excluding steroid dienone is 7. The van der Waals surface area contributed by atoms with Crippen LogP contribution in [0.1, 0.15) is 251 Å². The van der Waals surface area contributed by atoms with E-state index in [0.29, 0.717) is 19.4 Å². The molecule has 0 aromatic heterocycles. The second-order valence-electron chi connectivity index (χ2n) is 17.1. The minimum atomic E-state index is -0.864. The van der Waals surface area contributed by atoms with Crippen molar-refractivity contribution in [2.24, 2.45) is 0 Å². The van der Waals surface area contributed by atoms with Gasteiger partial charge in [0.05, 0.1) is 25.4 Å². The highest BCUT2D eigenvalue weighted by Gasteiger charge is 2.18. The number of hydrogen-bond acceptors (Lipinski definition) is 5. The predicted octanol–water partition coefficient (Wildman–Crippen LogP) is 15.1. The lowest BCUT2D eigenvalue weighted by Gasteiger charge is -2.20. The summed E-state index contributed by atoms with van der Waals surface area (Å²) in [6.07, 6.45) is 59.7. The second-order valence-corrected chi connectivity index (χ2v) is 17.1. The van der Waals surface area contributed by atoms with Gasteiger partial charge in [-0.2, -0.15) is 0 Å². The Bertz CT molecular complexity index is 1000. The average molecular weight is 828 g/mol. The maximum Gasteiger partial charge on any atom is 0.305 e. The lowest BCUT2D eigenvalue weighted by atomic mass is 10.0. The molecule has 0 aromatic carbocycles. The molecule has 0 spiro atoms. The first-order valence-corrected chi connectivity index (χ1v) is 25.4. The number of carbonyl (C=O) groups excluding carboxylic acids is 2. The Kier molecular flexibility index (Phi) is 46.7. The van der Waals surface area contributed by atoms with Crippen molar-refractivity contribution in [3.05, 3.63) is 48.6 Å². The summed E-state index contributed by atoms with van der Waals surface area (Å²) >= 11 is 0. The Morgan fingerprint density at radius 3 is 1.37 bits per heavy atom. The molecule has 2 atom stereocenters. The van der Waals surface area contributed by atoms with Crippen LogP contribution in [0.3, 0.4) is 0 Å². The van der Waals surface area contributed by atoms with Crippen molar-refractivity contribution in [2.45, 2.75) is 264 Å². The van der Waals surface area contributed by atoms with Crippen molar-refractivity contribution in [1.29, 1.82) is 0 Å². The van der Waals surface area contributed by atoms with E-state index < -0.39 is 12.1 Å². The summed E-state index contributed by atoms with van der Waals surface area (Å²) in [5.74, 6) is -0.148. The number of aliphatic hydroxyl groups is 2. The van der Waals surface area contributed by atoms with Gasteiger partial charge in [0.1, 0.15) is 0 Å². The fourth-order valence-corrected chi connectivity index (χ4v) is 7.37. The first-order chi connectivity index (χ1) is 29.0. The molecule has 0 heterocycles. The summed E-state index contributed by atoms with van der Waals surface area (Å²) in [6, 6.07) is -0.651. The number of carbonyl (C=O) groups is 2. The molecule has 2 unspecified atom stereocenters. The molecule has 0 saturated heterocycles. The van der Waals surface area contributed by atoms with E-state index in [4.69, 9.17) is 4.74 Å². The van der Waals surface area contributed by atoms with Crippen LogP contribution < -0.4 is 5.32 Å². The van der Waals surface area contributed by atoms with E-state index in [2.05, 4.69) is 55.6 Å². The molecule has 0 saturated carbocycles. The van der Waals surface area contributed by atoms with Gasteiger partial charge in [-0.15, -0.1) is 0 Å². The molecule has 3 N–H and O–H groups in total. The third-order valence-corrected chi connectivity index (χ3v) is 11.3. The summed E-state index contributed by atoms with van der Waals surface area (Å²) < 4.78 is 5.41. The van der Waals surface area contributed by atoms with Gasteiger partial charge in [0.2, 0.25) is 5.91 Å². The number of rotatable bonds is 46. The van der Waals surface area contributed by atoms with E-state index in [1.54, 1.807) is 6.08 Å². The van der Waals surface area contributed by atoms with E-state index in [1.165, 1.54) is 128 Å². The van der Waals surface area contributed by atoms with Crippen LogP contribution in [0.25, 0.3) is 0 Å². The quantitative estimate of drug-likeness (QED) is 0.0323. The molecule has 0 fully saturated rings. The van der Waals surface area contributed by atoms with Crippen molar-refractivity contribution in [1.82, 2.24) is 5.32 Å². The lowest BCUT2D eigenvalue weighted by Crippen LogP contribution is -2.45. The molecular formula is C53H97NO5. The predicted molar refractivity (Wildman–Crippen MR) is 255 cm³/mol. The van der Waals surface area contributed by atoms with Gasteiger partial charge in [-0.25, -0.2) is 0 Å². The van der Waals surface area contributed by atoms with Crippen LogP contribution in [-0.2, 0) is 14.3 Å². The van der Waals surface area contributed by atoms with Gasteiger partial charge in [-0.3, -0.25) is 9.59 Å². The fraction of sp³-hybridized carbons (Fsp3) is 0.811. The third kappa shape index (κ3) is 45.2. The van der Waals surface area contributed by atoms with Crippen LogP contribution in [-0.4, -0.2) is 47.4 Å². The van der Waals surface area contributed by atoms with Crippen LogP contribution in [0.2, 0.25) is 0 Å².